The minimum Gasteiger partial charge on any atom is -0.394 e. The molecule has 0 bridgehead atoms. The van der Waals surface area contributed by atoms with Crippen molar-refractivity contribution in [1.29, 1.82) is 0 Å². The number of carbonyl (C=O) groups is 10. The molecule has 1 aliphatic heterocycles. The Balaban J connectivity index is -0.0000000207. The summed E-state index contributed by atoms with van der Waals surface area (Å²) in [4.78, 5) is 84.6. The van der Waals surface area contributed by atoms with Crippen LogP contribution in [0.25, 0.3) is 0 Å². The Morgan fingerprint density at radius 1 is 0.345 bits per heavy atom. The highest BCUT2D eigenvalue weighted by Crippen LogP contribution is 2.08. The number of rotatable bonds is 7. The first-order chi connectivity index (χ1) is 36.9. The topological polar surface area (TPSA) is 544 Å². The first kappa shape index (κ1) is 165. The fraction of sp³-hybridized carbons (Fsp3) is 0.569. The average molecular weight is 1270 g/mol. The molecule has 1 heterocycles. The number of amides is 1. The summed E-state index contributed by atoms with van der Waals surface area (Å²) in [7, 11) is 0. The van der Waals surface area contributed by atoms with Gasteiger partial charge in [0, 0.05) is 26.1 Å². The van der Waals surface area contributed by atoms with Gasteiger partial charge in [-0.15, -0.1) is 0 Å². The molecule has 0 aliphatic carbocycles. The van der Waals surface area contributed by atoms with Gasteiger partial charge in [-0.2, -0.15) is 0 Å². The molecule has 1 aliphatic rings. The third kappa shape index (κ3) is 252. The van der Waals surface area contributed by atoms with Gasteiger partial charge in [-0.1, -0.05) is 234 Å². The Morgan fingerprint density at radius 3 is 0.540 bits per heavy atom. The molecule has 1 fully saturated rings. The lowest BCUT2D eigenvalue weighted by Crippen LogP contribution is -2.33. The van der Waals surface area contributed by atoms with Crippen molar-refractivity contribution < 1.29 is 53.1 Å². The molecule has 22 nitrogen and oxygen atoms in total. The highest BCUT2D eigenvalue weighted by Gasteiger charge is 2.11. The van der Waals surface area contributed by atoms with Crippen molar-refractivity contribution in [1.82, 2.24) is 66.4 Å². The lowest BCUT2D eigenvalue weighted by molar-refractivity contribution is -0.129. The van der Waals surface area contributed by atoms with Gasteiger partial charge in [0.15, 0.2) is 0 Å². The van der Waals surface area contributed by atoms with Crippen LogP contribution in [0.4, 0.5) is 0 Å². The van der Waals surface area contributed by atoms with E-state index in [4.69, 9.17) is 48.3 Å². The zero-order valence-corrected chi connectivity index (χ0v) is 60.4. The Kier molecular flexibility index (Phi) is 365. The summed E-state index contributed by atoms with van der Waals surface area (Å²) in [5.74, 6) is 3.77. The summed E-state index contributed by atoms with van der Waals surface area (Å²) < 4.78 is 0. The number of nitrogens with zero attached hydrogens (tertiary/aromatic N) is 1. The van der Waals surface area contributed by atoms with Gasteiger partial charge in [0.05, 0.1) is 0 Å². The minimum absolute atomic E-state index is 0. The van der Waals surface area contributed by atoms with Crippen molar-refractivity contribution in [2.24, 2.45) is 23.7 Å². The molecule has 1 amide bonds. The first-order valence-corrected chi connectivity index (χ1v) is 26.6. The van der Waals surface area contributed by atoms with Crippen LogP contribution in [0.5, 0.6) is 0 Å². The predicted octanol–water partition coefficient (Wildman–Crippen LogP) is 17.3. The molecule has 0 aromatic heterocycles. The Morgan fingerprint density at radius 2 is 0.471 bits per heavy atom. The van der Waals surface area contributed by atoms with Crippen LogP contribution in [-0.4, -0.2) is 96.2 Å². The van der Waals surface area contributed by atoms with Crippen LogP contribution >= 0.6 is 0 Å². The molecule has 0 atom stereocenters. The largest absolute Gasteiger partial charge is 0.394 e. The zero-order valence-electron chi connectivity index (χ0n) is 60.4. The Bertz CT molecular complexity index is 1180. The predicted molar refractivity (Wildman–Crippen MR) is 387 cm³/mol. The quantitative estimate of drug-likeness (QED) is 0.105. The van der Waals surface area contributed by atoms with Gasteiger partial charge in [0.2, 0.25) is 5.91 Å². The number of aryl methyl sites for hydroxylation is 3. The van der Waals surface area contributed by atoms with Crippen molar-refractivity contribution in [2.45, 2.75) is 209 Å². The molecule has 534 valence electrons. The van der Waals surface area contributed by atoms with Crippen LogP contribution in [0, 0.1) is 23.7 Å². The second-order valence-electron chi connectivity index (χ2n) is 16.4. The third-order valence-corrected chi connectivity index (χ3v) is 8.82. The summed E-state index contributed by atoms with van der Waals surface area (Å²) in [6.45, 7) is 62.1. The molecule has 4 rings (SSSR count). The molecule has 3 aromatic rings. The van der Waals surface area contributed by atoms with E-state index in [0.29, 0.717) is 0 Å². The molecule has 1 saturated heterocycles. The second-order valence-corrected chi connectivity index (χ2v) is 16.4. The number of carbonyl (C=O) groups excluding carboxylic acids is 10. The zero-order chi connectivity index (χ0) is 64.9. The van der Waals surface area contributed by atoms with E-state index >= 15 is 0 Å². The number of benzene rings is 3. The average Bonchev–Trinajstić information content (AvgIpc) is 3.51. The van der Waals surface area contributed by atoms with Gasteiger partial charge in [-0.25, -0.2) is 0 Å². The molecule has 0 radical (unpaired) electrons. The summed E-state index contributed by atoms with van der Waals surface area (Å²) in [5.41, 5.74) is 4.23. The van der Waals surface area contributed by atoms with Crippen molar-refractivity contribution in [3.05, 3.63) is 108 Å². The summed E-state index contributed by atoms with van der Waals surface area (Å²) in [5, 5.41) is 8.06. The maximum absolute atomic E-state index is 10.7. The maximum Gasteiger partial charge on any atom is 0.219 e. The van der Waals surface area contributed by atoms with Crippen molar-refractivity contribution in [2.75, 3.05) is 13.1 Å². The molecular weight excluding hydrogens is 1110 g/mol. The second kappa shape index (κ2) is 192. The van der Waals surface area contributed by atoms with E-state index in [9.17, 15) is 4.79 Å². The van der Waals surface area contributed by atoms with Crippen LogP contribution in [0.2, 0.25) is 0 Å². The maximum atomic E-state index is 10.7. The molecular formula is C65H153N11O11. The molecule has 3 aromatic carbocycles. The smallest absolute Gasteiger partial charge is 0.219 e. The number of aliphatic hydroxyl groups excluding tert-OH is 1. The van der Waals surface area contributed by atoms with E-state index in [-0.39, 0.29) is 73.5 Å². The van der Waals surface area contributed by atoms with Crippen LogP contribution in [0.3, 0.4) is 0 Å². The normalized spacial score (nSPS) is 7.68. The fourth-order valence-corrected chi connectivity index (χ4v) is 3.35. The SMILES string of the molecule is C=O.C=O.C=O.C=O.C=O.C=O.C=O.C=O.C=O.CC.CC(=O)N1CCCCC1.CC(C)O.CCC(C)C.CCC(C)C.CCC(C)C.CCC(C)C.CCc1ccccc1.CCc1ccccc1.CCc1ccccc1.N.N.N.N.N.N.N.N.N.N. The van der Waals surface area contributed by atoms with E-state index < -0.39 is 0 Å². The van der Waals surface area contributed by atoms with Gasteiger partial charge in [0.25, 0.3) is 0 Å². The van der Waals surface area contributed by atoms with E-state index in [0.717, 1.165) is 56.0 Å². The van der Waals surface area contributed by atoms with Gasteiger partial charge in [0.1, 0.15) is 61.1 Å². The van der Waals surface area contributed by atoms with Crippen molar-refractivity contribution >= 4 is 67.0 Å². The standard InChI is InChI=1S/3C8H10.C7H13NO.4C5H12.C3H8O.C2H6.9CH2O.10H3N/c3*1-2-8-6-4-3-5-7-8;1-7(9)8-5-3-2-4-6-8;4*1-4-5(2)3;1-3(2)4;10*1-2;;;;;;;;;;/h3*3-7H,2H2,1H3;2-6H2,1H3;4*5H,4H2,1-3H3;3-4H,1-2H3;1-2H3;9*1H2;10*1H3. The number of aliphatic hydroxyl groups is 1. The van der Waals surface area contributed by atoms with Gasteiger partial charge < -0.3 is 115 Å². The lowest BCUT2D eigenvalue weighted by atomic mass is 10.1. The van der Waals surface area contributed by atoms with Crippen LogP contribution < -0.4 is 61.5 Å². The summed E-state index contributed by atoms with van der Waals surface area (Å²) in [6.07, 6.45) is 12.2. The fourth-order valence-electron chi connectivity index (χ4n) is 3.35. The van der Waals surface area contributed by atoms with Gasteiger partial charge >= 0.3 is 0 Å². The highest BCUT2D eigenvalue weighted by atomic mass is 16.3. The molecule has 0 unspecified atom stereocenters. The summed E-state index contributed by atoms with van der Waals surface area (Å²) >= 11 is 0. The van der Waals surface area contributed by atoms with E-state index in [1.807, 2.05) is 98.0 Å². The molecule has 87 heavy (non-hydrogen) atoms. The van der Waals surface area contributed by atoms with Crippen LogP contribution in [0.15, 0.2) is 91.0 Å². The summed E-state index contributed by atoms with van der Waals surface area (Å²) in [6, 6.07) is 31.4. The van der Waals surface area contributed by atoms with Crippen molar-refractivity contribution in [3.63, 3.8) is 0 Å². The molecule has 0 saturated carbocycles. The number of likely N-dealkylation sites (tertiary alicyclic amines) is 1. The highest BCUT2D eigenvalue weighted by molar-refractivity contribution is 5.73. The molecule has 31 N–H and O–H groups in total. The van der Waals surface area contributed by atoms with E-state index in [1.54, 1.807) is 20.8 Å². The van der Waals surface area contributed by atoms with Crippen molar-refractivity contribution in [3.8, 4) is 0 Å². The lowest BCUT2D eigenvalue weighted by Gasteiger charge is -2.24. The van der Waals surface area contributed by atoms with Gasteiger partial charge in [-0.05, 0) is 92.7 Å². The number of hydrogen-bond acceptors (Lipinski definition) is 21. The molecule has 22 heteroatoms. The number of hydrogen-bond donors (Lipinski definition) is 11. The monoisotopic (exact) mass is 1260 g/mol. The van der Waals surface area contributed by atoms with E-state index in [2.05, 4.69) is 177 Å². The van der Waals surface area contributed by atoms with E-state index in [1.165, 1.54) is 61.6 Å². The van der Waals surface area contributed by atoms with Gasteiger partial charge in [-0.3, -0.25) is 4.79 Å². The Hall–Kier alpha value is -6.28. The molecule has 0 spiro atoms. The van der Waals surface area contributed by atoms with Crippen LogP contribution in [0.1, 0.15) is 200 Å². The number of piperidine rings is 1. The van der Waals surface area contributed by atoms with Crippen LogP contribution in [-0.2, 0) is 67.2 Å². The minimum atomic E-state index is -0.167. The Labute approximate surface area is 537 Å². The first-order valence-electron chi connectivity index (χ1n) is 26.6. The third-order valence-electron chi connectivity index (χ3n) is 8.82.